The van der Waals surface area contributed by atoms with Crippen molar-refractivity contribution in [3.63, 3.8) is 0 Å². The Bertz CT molecular complexity index is 639. The van der Waals surface area contributed by atoms with Crippen molar-refractivity contribution < 1.29 is 9.90 Å². The number of halogens is 1. The van der Waals surface area contributed by atoms with Gasteiger partial charge in [0.15, 0.2) is 5.69 Å². The van der Waals surface area contributed by atoms with Crippen molar-refractivity contribution in [3.8, 4) is 0 Å². The van der Waals surface area contributed by atoms with E-state index in [2.05, 4.69) is 36.5 Å². The van der Waals surface area contributed by atoms with Crippen LogP contribution in [0.15, 0.2) is 22.9 Å². The van der Waals surface area contributed by atoms with Crippen LogP contribution in [-0.4, -0.2) is 43.1 Å². The molecular weight excluding hydrogens is 338 g/mol. The van der Waals surface area contributed by atoms with E-state index in [0.717, 1.165) is 12.1 Å². The molecule has 0 aliphatic heterocycles. The fourth-order valence-corrected chi connectivity index (χ4v) is 3.20. The Labute approximate surface area is 129 Å². The van der Waals surface area contributed by atoms with Crippen LogP contribution in [0.25, 0.3) is 0 Å². The Morgan fingerprint density at radius 2 is 2.48 bits per heavy atom. The molecular formula is C13H16BrN5O2. The number of rotatable bonds is 4. The lowest BCUT2D eigenvalue weighted by atomic mass is 9.83. The molecule has 1 aliphatic carbocycles. The third-order valence-corrected chi connectivity index (χ3v) is 4.65. The minimum atomic E-state index is -0.496. The number of aliphatic hydroxyl groups is 1. The number of aromatic amines is 1. The molecule has 7 nitrogen and oxygen atoms in total. The second-order valence-corrected chi connectivity index (χ2v) is 5.87. The molecule has 2 aromatic heterocycles. The average Bonchev–Trinajstić information content (AvgIpc) is 3.07. The number of nitrogens with one attached hydrogen (secondary N) is 2. The molecule has 1 aliphatic rings. The third kappa shape index (κ3) is 2.49. The first-order valence-corrected chi connectivity index (χ1v) is 7.62. The molecule has 21 heavy (non-hydrogen) atoms. The molecule has 3 rings (SSSR count). The lowest BCUT2D eigenvalue weighted by Crippen LogP contribution is -2.56. The quantitative estimate of drug-likeness (QED) is 0.764. The van der Waals surface area contributed by atoms with E-state index >= 15 is 0 Å². The second-order valence-electron chi connectivity index (χ2n) is 5.08. The van der Waals surface area contributed by atoms with Crippen LogP contribution in [0.1, 0.15) is 35.6 Å². The van der Waals surface area contributed by atoms with Crippen molar-refractivity contribution in [2.75, 3.05) is 0 Å². The summed E-state index contributed by atoms with van der Waals surface area (Å²) in [5.41, 5.74) is 1.23. The molecule has 0 spiro atoms. The van der Waals surface area contributed by atoms with E-state index in [9.17, 15) is 9.90 Å². The molecule has 1 amide bonds. The van der Waals surface area contributed by atoms with Gasteiger partial charge in [0, 0.05) is 18.1 Å². The van der Waals surface area contributed by atoms with E-state index in [0.29, 0.717) is 16.6 Å². The second kappa shape index (κ2) is 5.61. The number of carbonyl (C=O) groups excluding carboxylic acids is 1. The maximum Gasteiger partial charge on any atom is 0.273 e. The van der Waals surface area contributed by atoms with Crippen LogP contribution >= 0.6 is 15.9 Å². The largest absolute Gasteiger partial charge is 0.391 e. The van der Waals surface area contributed by atoms with Crippen LogP contribution in [0.2, 0.25) is 0 Å². The number of hydrogen-bond donors (Lipinski definition) is 3. The highest BCUT2D eigenvalue weighted by atomic mass is 79.9. The number of H-pyrrole nitrogens is 1. The van der Waals surface area contributed by atoms with Crippen LogP contribution in [0, 0.1) is 0 Å². The molecule has 0 radical (unpaired) electrons. The van der Waals surface area contributed by atoms with Crippen LogP contribution in [0.4, 0.5) is 0 Å². The Kier molecular flexibility index (Phi) is 3.81. The van der Waals surface area contributed by atoms with Crippen molar-refractivity contribution in [2.24, 2.45) is 0 Å². The molecule has 112 valence electrons. The minimum Gasteiger partial charge on any atom is -0.391 e. The van der Waals surface area contributed by atoms with E-state index in [1.165, 1.54) is 0 Å². The number of carbonyl (C=O) groups is 1. The summed E-state index contributed by atoms with van der Waals surface area (Å²) in [5.74, 6) is -0.258. The van der Waals surface area contributed by atoms with Crippen molar-refractivity contribution in [2.45, 2.75) is 38.0 Å². The Hall–Kier alpha value is -1.67. The van der Waals surface area contributed by atoms with Gasteiger partial charge in [0.2, 0.25) is 0 Å². The van der Waals surface area contributed by atoms with Gasteiger partial charge in [-0.05, 0) is 34.8 Å². The maximum absolute atomic E-state index is 12.3. The fourth-order valence-electron chi connectivity index (χ4n) is 2.56. The molecule has 1 fully saturated rings. The van der Waals surface area contributed by atoms with Gasteiger partial charge in [0.05, 0.1) is 22.7 Å². The predicted molar refractivity (Wildman–Crippen MR) is 78.8 cm³/mol. The van der Waals surface area contributed by atoms with Gasteiger partial charge < -0.3 is 10.4 Å². The lowest BCUT2D eigenvalue weighted by Gasteiger charge is -2.41. The minimum absolute atomic E-state index is 0.152. The highest BCUT2D eigenvalue weighted by Crippen LogP contribution is 2.32. The number of hydrogen-bond acceptors (Lipinski definition) is 4. The van der Waals surface area contributed by atoms with Crippen molar-refractivity contribution >= 4 is 21.8 Å². The molecule has 3 atom stereocenters. The molecule has 3 N–H and O–H groups in total. The lowest BCUT2D eigenvalue weighted by molar-refractivity contribution is -0.00596. The summed E-state index contributed by atoms with van der Waals surface area (Å²) in [4.78, 5) is 12.3. The first-order chi connectivity index (χ1) is 10.1. The third-order valence-electron chi connectivity index (χ3n) is 3.79. The number of aryl methyl sites for hydroxylation is 1. The highest BCUT2D eigenvalue weighted by Gasteiger charge is 2.43. The number of amides is 1. The smallest absolute Gasteiger partial charge is 0.273 e. The molecule has 2 heterocycles. The number of aromatic nitrogens is 4. The van der Waals surface area contributed by atoms with Gasteiger partial charge in [-0.3, -0.25) is 14.6 Å². The molecule has 1 saturated carbocycles. The van der Waals surface area contributed by atoms with Crippen LogP contribution in [0.3, 0.4) is 0 Å². The zero-order chi connectivity index (χ0) is 15.0. The SMILES string of the molecule is CCc1[nH]nc(C(=O)N[C@H]2C[C@@H](O)[C@@H]2n2cccn2)c1Br. The van der Waals surface area contributed by atoms with Crippen LogP contribution < -0.4 is 5.32 Å². The topological polar surface area (TPSA) is 95.8 Å². The van der Waals surface area contributed by atoms with E-state index in [1.54, 1.807) is 23.1 Å². The normalized spacial score (nSPS) is 24.6. The predicted octanol–water partition coefficient (Wildman–Crippen LogP) is 1.04. The Morgan fingerprint density at radius 3 is 3.05 bits per heavy atom. The monoisotopic (exact) mass is 353 g/mol. The summed E-state index contributed by atoms with van der Waals surface area (Å²) < 4.78 is 2.37. The summed E-state index contributed by atoms with van der Waals surface area (Å²) >= 11 is 3.39. The number of nitrogens with zero attached hydrogens (tertiary/aromatic N) is 3. The van der Waals surface area contributed by atoms with Crippen molar-refractivity contribution in [1.82, 2.24) is 25.3 Å². The molecule has 8 heteroatoms. The maximum atomic E-state index is 12.3. The van der Waals surface area contributed by atoms with Gasteiger partial charge in [-0.2, -0.15) is 10.2 Å². The average molecular weight is 354 g/mol. The first kappa shape index (κ1) is 14.3. The molecule has 0 bridgehead atoms. The van der Waals surface area contributed by atoms with E-state index in [1.807, 2.05) is 6.92 Å². The number of aliphatic hydroxyl groups excluding tert-OH is 1. The van der Waals surface area contributed by atoms with Gasteiger partial charge in [-0.25, -0.2) is 0 Å². The summed E-state index contributed by atoms with van der Waals surface area (Å²) in [6.45, 7) is 1.98. The first-order valence-electron chi connectivity index (χ1n) is 6.82. The van der Waals surface area contributed by atoms with E-state index in [-0.39, 0.29) is 18.0 Å². The summed E-state index contributed by atoms with van der Waals surface area (Å²) in [6.07, 6.45) is 4.22. The van der Waals surface area contributed by atoms with Crippen molar-refractivity contribution in [1.29, 1.82) is 0 Å². The standard InChI is InChI=1S/C13H16BrN5O2/c1-2-7-10(14)11(18-17-7)13(21)16-8-6-9(20)12(8)19-5-3-4-15-19/h3-5,8-9,12,20H,2,6H2,1H3,(H,16,21)(H,17,18)/t8-,9+,12+/m0/s1. The van der Waals surface area contributed by atoms with Gasteiger partial charge in [-0.15, -0.1) is 0 Å². The zero-order valence-electron chi connectivity index (χ0n) is 11.5. The van der Waals surface area contributed by atoms with Crippen LogP contribution in [-0.2, 0) is 6.42 Å². The van der Waals surface area contributed by atoms with Crippen LogP contribution in [0.5, 0.6) is 0 Å². The molecule has 0 saturated heterocycles. The van der Waals surface area contributed by atoms with Gasteiger partial charge in [0.1, 0.15) is 0 Å². The van der Waals surface area contributed by atoms with Gasteiger partial charge in [0.25, 0.3) is 5.91 Å². The zero-order valence-corrected chi connectivity index (χ0v) is 13.0. The Balaban J connectivity index is 1.72. The summed E-state index contributed by atoms with van der Waals surface area (Å²) in [7, 11) is 0. The fraction of sp³-hybridized carbons (Fsp3) is 0.462. The van der Waals surface area contributed by atoms with Crippen molar-refractivity contribution in [3.05, 3.63) is 34.3 Å². The Morgan fingerprint density at radius 1 is 1.67 bits per heavy atom. The summed E-state index contributed by atoms with van der Waals surface area (Å²) in [5, 5.41) is 23.8. The van der Waals surface area contributed by atoms with Gasteiger partial charge in [-0.1, -0.05) is 6.92 Å². The van der Waals surface area contributed by atoms with E-state index < -0.39 is 6.10 Å². The molecule has 2 aromatic rings. The highest BCUT2D eigenvalue weighted by molar-refractivity contribution is 9.10. The van der Waals surface area contributed by atoms with E-state index in [4.69, 9.17) is 0 Å². The molecule has 0 unspecified atom stereocenters. The van der Waals surface area contributed by atoms with Gasteiger partial charge >= 0.3 is 0 Å². The summed E-state index contributed by atoms with van der Waals surface area (Å²) in [6, 6.07) is 1.41. The molecule has 0 aromatic carbocycles.